The van der Waals surface area contributed by atoms with Gasteiger partial charge in [0, 0.05) is 6.07 Å². The largest absolute Gasteiger partial charge is 0.497 e. The minimum atomic E-state index is 0.545. The molecular weight excluding hydrogens is 250 g/mol. The molecule has 0 aromatic heterocycles. The van der Waals surface area contributed by atoms with Gasteiger partial charge in [0.1, 0.15) is 18.1 Å². The first kappa shape index (κ1) is 12.9. The average molecular weight is 269 g/mol. The molecule has 0 saturated carbocycles. The highest BCUT2D eigenvalue weighted by atomic mass is 16.5. The first-order valence-corrected chi connectivity index (χ1v) is 6.93. The molecule has 3 nitrogen and oxygen atoms in total. The van der Waals surface area contributed by atoms with Crippen molar-refractivity contribution < 1.29 is 9.47 Å². The summed E-state index contributed by atoms with van der Waals surface area (Å²) in [6.07, 6.45) is 3.67. The summed E-state index contributed by atoms with van der Waals surface area (Å²) in [4.78, 5) is 0. The zero-order valence-corrected chi connectivity index (χ0v) is 11.7. The first-order chi connectivity index (χ1) is 9.76. The van der Waals surface area contributed by atoms with Crippen LogP contribution in [-0.2, 0) is 19.4 Å². The van der Waals surface area contributed by atoms with Crippen molar-refractivity contribution in [2.45, 2.75) is 25.9 Å². The molecule has 0 saturated heterocycles. The SMILES string of the molecule is COc1ccc(OCc2ccc3c(c2)CCC3)c(N)c1. The van der Waals surface area contributed by atoms with Crippen molar-refractivity contribution in [2.75, 3.05) is 12.8 Å². The monoisotopic (exact) mass is 269 g/mol. The van der Waals surface area contributed by atoms with Gasteiger partial charge in [0.25, 0.3) is 0 Å². The maximum atomic E-state index is 5.95. The van der Waals surface area contributed by atoms with Crippen LogP contribution in [0.5, 0.6) is 11.5 Å². The summed E-state index contributed by atoms with van der Waals surface area (Å²) >= 11 is 0. The minimum absolute atomic E-state index is 0.545. The molecule has 0 amide bonds. The van der Waals surface area contributed by atoms with E-state index in [4.69, 9.17) is 15.2 Å². The normalized spacial score (nSPS) is 13.1. The topological polar surface area (TPSA) is 44.5 Å². The molecule has 0 aliphatic heterocycles. The van der Waals surface area contributed by atoms with E-state index in [1.165, 1.54) is 36.0 Å². The van der Waals surface area contributed by atoms with Gasteiger partial charge < -0.3 is 15.2 Å². The number of rotatable bonds is 4. The second-order valence-corrected chi connectivity index (χ2v) is 5.15. The van der Waals surface area contributed by atoms with Crippen molar-refractivity contribution in [1.29, 1.82) is 0 Å². The molecule has 0 heterocycles. The number of hydrogen-bond acceptors (Lipinski definition) is 3. The summed E-state index contributed by atoms with van der Waals surface area (Å²) in [6, 6.07) is 12.1. The van der Waals surface area contributed by atoms with Gasteiger partial charge in [-0.15, -0.1) is 0 Å². The Bertz CT molecular complexity index is 622. The van der Waals surface area contributed by atoms with Crippen molar-refractivity contribution >= 4 is 5.69 Å². The number of anilines is 1. The van der Waals surface area contributed by atoms with Gasteiger partial charge in [-0.25, -0.2) is 0 Å². The van der Waals surface area contributed by atoms with Crippen LogP contribution in [0.4, 0.5) is 5.69 Å². The van der Waals surface area contributed by atoms with E-state index in [9.17, 15) is 0 Å². The molecule has 0 radical (unpaired) electrons. The fourth-order valence-corrected chi connectivity index (χ4v) is 2.66. The molecule has 3 heteroatoms. The van der Waals surface area contributed by atoms with Crippen molar-refractivity contribution in [3.8, 4) is 11.5 Å². The average Bonchev–Trinajstić information content (AvgIpc) is 2.93. The number of nitrogens with two attached hydrogens (primary N) is 1. The molecule has 3 rings (SSSR count). The lowest BCUT2D eigenvalue weighted by Gasteiger charge is -2.11. The predicted octanol–water partition coefficient (Wildman–Crippen LogP) is 3.35. The van der Waals surface area contributed by atoms with Crippen LogP contribution in [0.2, 0.25) is 0 Å². The summed E-state index contributed by atoms with van der Waals surface area (Å²) < 4.78 is 10.9. The van der Waals surface area contributed by atoms with Crippen molar-refractivity contribution in [3.05, 3.63) is 53.1 Å². The Morgan fingerprint density at radius 1 is 1.05 bits per heavy atom. The molecule has 20 heavy (non-hydrogen) atoms. The van der Waals surface area contributed by atoms with Crippen LogP contribution in [0.3, 0.4) is 0 Å². The highest BCUT2D eigenvalue weighted by Crippen LogP contribution is 2.28. The van der Waals surface area contributed by atoms with Gasteiger partial charge >= 0.3 is 0 Å². The summed E-state index contributed by atoms with van der Waals surface area (Å²) in [6.45, 7) is 0.545. The van der Waals surface area contributed by atoms with E-state index < -0.39 is 0 Å². The summed E-state index contributed by atoms with van der Waals surface area (Å²) in [7, 11) is 1.62. The highest BCUT2D eigenvalue weighted by molar-refractivity contribution is 5.56. The van der Waals surface area contributed by atoms with E-state index in [2.05, 4.69) is 18.2 Å². The van der Waals surface area contributed by atoms with Gasteiger partial charge in [-0.3, -0.25) is 0 Å². The zero-order chi connectivity index (χ0) is 13.9. The van der Waals surface area contributed by atoms with Crippen LogP contribution < -0.4 is 15.2 Å². The second-order valence-electron chi connectivity index (χ2n) is 5.15. The van der Waals surface area contributed by atoms with E-state index >= 15 is 0 Å². The number of aryl methyl sites for hydroxylation is 2. The van der Waals surface area contributed by atoms with Gasteiger partial charge in [0.15, 0.2) is 0 Å². The van der Waals surface area contributed by atoms with E-state index in [0.29, 0.717) is 18.0 Å². The summed E-state index contributed by atoms with van der Waals surface area (Å²) in [5, 5.41) is 0. The van der Waals surface area contributed by atoms with Crippen molar-refractivity contribution in [2.24, 2.45) is 0 Å². The van der Waals surface area contributed by atoms with Crippen LogP contribution in [0.25, 0.3) is 0 Å². The predicted molar refractivity (Wildman–Crippen MR) is 80.2 cm³/mol. The molecular formula is C17H19NO2. The Morgan fingerprint density at radius 2 is 1.90 bits per heavy atom. The summed E-state index contributed by atoms with van der Waals surface area (Å²) in [5.74, 6) is 1.44. The van der Waals surface area contributed by atoms with Crippen LogP contribution in [0.1, 0.15) is 23.1 Å². The molecule has 0 bridgehead atoms. The number of ether oxygens (including phenoxy) is 2. The van der Waals surface area contributed by atoms with E-state index in [-0.39, 0.29) is 0 Å². The first-order valence-electron chi connectivity index (χ1n) is 6.93. The maximum absolute atomic E-state index is 5.95. The van der Waals surface area contributed by atoms with Gasteiger partial charge in [-0.2, -0.15) is 0 Å². The Hall–Kier alpha value is -2.16. The quantitative estimate of drug-likeness (QED) is 0.866. The third-order valence-corrected chi connectivity index (χ3v) is 3.77. The number of benzene rings is 2. The molecule has 1 aliphatic rings. The number of hydrogen-bond donors (Lipinski definition) is 1. The number of methoxy groups -OCH3 is 1. The molecule has 1 aliphatic carbocycles. The second kappa shape index (κ2) is 5.45. The highest BCUT2D eigenvalue weighted by Gasteiger charge is 2.11. The molecule has 2 aromatic rings. The van der Waals surface area contributed by atoms with Gasteiger partial charge in [-0.05, 0) is 48.1 Å². The summed E-state index contributed by atoms with van der Waals surface area (Å²) in [5.41, 5.74) is 10.7. The van der Waals surface area contributed by atoms with Crippen molar-refractivity contribution in [3.63, 3.8) is 0 Å². The van der Waals surface area contributed by atoms with Crippen LogP contribution in [0, 0.1) is 0 Å². The van der Waals surface area contributed by atoms with Gasteiger partial charge in [0.05, 0.1) is 12.8 Å². The van der Waals surface area contributed by atoms with Crippen LogP contribution >= 0.6 is 0 Å². The minimum Gasteiger partial charge on any atom is -0.497 e. The zero-order valence-electron chi connectivity index (χ0n) is 11.7. The van der Waals surface area contributed by atoms with Gasteiger partial charge in [0.2, 0.25) is 0 Å². The lowest BCUT2D eigenvalue weighted by Crippen LogP contribution is -2.00. The number of nitrogen functional groups attached to an aromatic ring is 1. The molecule has 0 spiro atoms. The Balaban J connectivity index is 1.70. The molecule has 2 N–H and O–H groups in total. The standard InChI is InChI=1S/C17H19NO2/c1-19-15-7-8-17(16(18)10-15)20-11-12-5-6-13-3-2-4-14(13)9-12/h5-10H,2-4,11,18H2,1H3. The molecule has 104 valence electrons. The third kappa shape index (κ3) is 2.57. The van der Waals surface area contributed by atoms with Crippen LogP contribution in [0.15, 0.2) is 36.4 Å². The molecule has 0 unspecified atom stereocenters. The van der Waals surface area contributed by atoms with E-state index in [1.54, 1.807) is 13.2 Å². The smallest absolute Gasteiger partial charge is 0.142 e. The van der Waals surface area contributed by atoms with Crippen LogP contribution in [-0.4, -0.2) is 7.11 Å². The fourth-order valence-electron chi connectivity index (χ4n) is 2.66. The number of fused-ring (bicyclic) bond motifs is 1. The van der Waals surface area contributed by atoms with E-state index in [0.717, 1.165) is 5.75 Å². The van der Waals surface area contributed by atoms with E-state index in [1.807, 2.05) is 12.1 Å². The lowest BCUT2D eigenvalue weighted by molar-refractivity contribution is 0.307. The van der Waals surface area contributed by atoms with Crippen molar-refractivity contribution in [1.82, 2.24) is 0 Å². The molecule has 0 fully saturated rings. The Morgan fingerprint density at radius 3 is 2.70 bits per heavy atom. The van der Waals surface area contributed by atoms with Gasteiger partial charge in [-0.1, -0.05) is 18.2 Å². The molecule has 2 aromatic carbocycles. The maximum Gasteiger partial charge on any atom is 0.142 e. The lowest BCUT2D eigenvalue weighted by atomic mass is 10.1. The Labute approximate surface area is 119 Å². The third-order valence-electron chi connectivity index (χ3n) is 3.77. The molecule has 0 atom stereocenters. The Kier molecular flexibility index (Phi) is 3.50. The fraction of sp³-hybridized carbons (Fsp3) is 0.294.